The Morgan fingerprint density at radius 1 is 0.609 bits per heavy atom. The lowest BCUT2D eigenvalue weighted by Gasteiger charge is -2.17. The number of nitrogens with zero attached hydrogens (tertiary/aromatic N) is 4. The first-order valence-electron chi connectivity index (χ1n) is 14.3. The molecule has 2 aromatic heterocycles. The first-order chi connectivity index (χ1) is 21.9. The summed E-state index contributed by atoms with van der Waals surface area (Å²) in [6.07, 6.45) is 5.58. The second-order valence-corrected chi connectivity index (χ2v) is 10.4. The van der Waals surface area contributed by atoms with Gasteiger partial charge in [-0.1, -0.05) is 24.3 Å². The number of carbonyl (C=O) groups excluding carboxylic acids is 4. The van der Waals surface area contributed by atoms with Gasteiger partial charge in [0.2, 0.25) is 0 Å². The molecular formula is C32H34N8O6. The van der Waals surface area contributed by atoms with Gasteiger partial charge in [-0.05, 0) is 62.1 Å². The normalized spacial score (nSPS) is 12.0. The van der Waals surface area contributed by atoms with Crippen LogP contribution in [0.25, 0.3) is 11.1 Å². The molecule has 2 unspecified atom stereocenters. The number of amides is 2. The van der Waals surface area contributed by atoms with Crippen molar-refractivity contribution < 1.29 is 28.9 Å². The number of hydrogen-bond acceptors (Lipinski definition) is 12. The Bertz CT molecular complexity index is 1620. The van der Waals surface area contributed by atoms with E-state index in [0.717, 1.165) is 22.3 Å². The smallest absolute Gasteiger partial charge is 0.321 e. The monoisotopic (exact) mass is 626 g/mol. The molecule has 2 atom stereocenters. The molecule has 238 valence electrons. The number of hydrogen-bond donors (Lipinski definition) is 4. The average Bonchev–Trinajstić information content (AvgIpc) is 3.04. The average molecular weight is 627 g/mol. The van der Waals surface area contributed by atoms with Gasteiger partial charge >= 0.3 is 11.9 Å². The van der Waals surface area contributed by atoms with E-state index in [1.807, 2.05) is 38.1 Å². The number of aromatic nitrogens is 4. The molecule has 46 heavy (non-hydrogen) atoms. The van der Waals surface area contributed by atoms with Crippen molar-refractivity contribution in [3.8, 4) is 11.1 Å². The van der Waals surface area contributed by atoms with Gasteiger partial charge in [0.1, 0.15) is 11.4 Å². The van der Waals surface area contributed by atoms with Crippen molar-refractivity contribution in [2.24, 2.45) is 0 Å². The van der Waals surface area contributed by atoms with Gasteiger partial charge in [-0.2, -0.15) is 0 Å². The molecule has 0 fully saturated rings. The molecule has 0 aliphatic carbocycles. The lowest BCUT2D eigenvalue weighted by atomic mass is 9.94. The highest BCUT2D eigenvalue weighted by Gasteiger charge is 2.18. The van der Waals surface area contributed by atoms with Gasteiger partial charge in [-0.25, -0.2) is 9.97 Å². The number of nitrogens with one attached hydrogen (secondary N) is 4. The van der Waals surface area contributed by atoms with E-state index in [0.29, 0.717) is 22.8 Å². The molecular weight excluding hydrogens is 592 g/mol. The second-order valence-electron chi connectivity index (χ2n) is 10.4. The molecule has 0 bridgehead atoms. The van der Waals surface area contributed by atoms with Crippen LogP contribution in [0.15, 0.2) is 61.2 Å². The Labute approximate surface area is 265 Å². The molecule has 2 aromatic carbocycles. The molecule has 0 aliphatic rings. The van der Waals surface area contributed by atoms with Crippen LogP contribution in [0.4, 0.5) is 11.4 Å². The van der Waals surface area contributed by atoms with Crippen molar-refractivity contribution in [2.45, 2.75) is 53.6 Å². The van der Waals surface area contributed by atoms with E-state index in [1.54, 1.807) is 26.0 Å². The van der Waals surface area contributed by atoms with E-state index < -0.39 is 35.8 Å². The van der Waals surface area contributed by atoms with Crippen LogP contribution in [0.3, 0.4) is 0 Å². The zero-order valence-electron chi connectivity index (χ0n) is 26.2. The van der Waals surface area contributed by atoms with Gasteiger partial charge in [-0.3, -0.25) is 29.1 Å². The minimum atomic E-state index is -0.486. The van der Waals surface area contributed by atoms with E-state index in [4.69, 9.17) is 9.68 Å². The summed E-state index contributed by atoms with van der Waals surface area (Å²) in [6, 6.07) is 10.3. The Kier molecular flexibility index (Phi) is 10.8. The Hall–Kier alpha value is -5.60. The molecule has 4 rings (SSSR count). The fourth-order valence-electron chi connectivity index (χ4n) is 4.32. The number of anilines is 2. The molecule has 2 amide bonds. The molecule has 2 heterocycles. The SMILES string of the molecule is CC(=O)ONC(C)c1cnc(C(=O)Nc2cccc(-c3cccc(NC(=O)c4cnc(C(C)NOC(C)=O)cn4)c3C)c2C)cn1. The maximum absolute atomic E-state index is 13.0. The van der Waals surface area contributed by atoms with Crippen molar-refractivity contribution in [3.63, 3.8) is 0 Å². The first-order valence-corrected chi connectivity index (χ1v) is 14.3. The second kappa shape index (κ2) is 14.9. The molecule has 0 saturated carbocycles. The molecule has 0 saturated heterocycles. The number of benzene rings is 2. The van der Waals surface area contributed by atoms with Crippen molar-refractivity contribution in [1.29, 1.82) is 0 Å². The van der Waals surface area contributed by atoms with Gasteiger partial charge in [0.25, 0.3) is 11.8 Å². The van der Waals surface area contributed by atoms with Crippen molar-refractivity contribution in [2.75, 3.05) is 10.6 Å². The van der Waals surface area contributed by atoms with Crippen molar-refractivity contribution in [1.82, 2.24) is 30.9 Å². The van der Waals surface area contributed by atoms with E-state index in [2.05, 4.69) is 41.5 Å². The van der Waals surface area contributed by atoms with Crippen LogP contribution in [-0.2, 0) is 19.3 Å². The summed E-state index contributed by atoms with van der Waals surface area (Å²) in [5.74, 6) is -1.86. The topological polar surface area (TPSA) is 186 Å². The van der Waals surface area contributed by atoms with Crippen molar-refractivity contribution >= 4 is 35.1 Å². The highest BCUT2D eigenvalue weighted by Crippen LogP contribution is 2.34. The lowest BCUT2D eigenvalue weighted by Crippen LogP contribution is -2.23. The van der Waals surface area contributed by atoms with Gasteiger partial charge in [0.15, 0.2) is 0 Å². The summed E-state index contributed by atoms with van der Waals surface area (Å²) in [6.45, 7) is 9.82. The number of rotatable bonds is 11. The zero-order chi connectivity index (χ0) is 33.4. The van der Waals surface area contributed by atoms with Crippen LogP contribution in [0.5, 0.6) is 0 Å². The predicted octanol–water partition coefficient (Wildman–Crippen LogP) is 4.31. The van der Waals surface area contributed by atoms with E-state index in [1.165, 1.54) is 38.6 Å². The Balaban J connectivity index is 1.47. The van der Waals surface area contributed by atoms with E-state index in [-0.39, 0.29) is 11.4 Å². The summed E-state index contributed by atoms with van der Waals surface area (Å²) in [4.78, 5) is 74.6. The van der Waals surface area contributed by atoms with Crippen molar-refractivity contribution in [3.05, 3.63) is 95.1 Å². The highest BCUT2D eigenvalue weighted by atomic mass is 16.7. The lowest BCUT2D eigenvalue weighted by molar-refractivity contribution is -0.151. The Morgan fingerprint density at radius 2 is 1.00 bits per heavy atom. The Morgan fingerprint density at radius 3 is 1.33 bits per heavy atom. The fourth-order valence-corrected chi connectivity index (χ4v) is 4.32. The van der Waals surface area contributed by atoms with Gasteiger partial charge in [0, 0.05) is 25.2 Å². The van der Waals surface area contributed by atoms with Gasteiger partial charge in [-0.15, -0.1) is 11.0 Å². The first kappa shape index (κ1) is 33.3. The third kappa shape index (κ3) is 8.31. The van der Waals surface area contributed by atoms with E-state index >= 15 is 0 Å². The summed E-state index contributed by atoms with van der Waals surface area (Å²) in [5, 5.41) is 5.80. The van der Waals surface area contributed by atoms with E-state index in [9.17, 15) is 19.2 Å². The van der Waals surface area contributed by atoms with Gasteiger partial charge < -0.3 is 20.3 Å². The molecule has 0 spiro atoms. The van der Waals surface area contributed by atoms with Crippen LogP contribution < -0.4 is 21.6 Å². The summed E-state index contributed by atoms with van der Waals surface area (Å²) in [7, 11) is 0. The third-order valence-electron chi connectivity index (χ3n) is 6.91. The minimum Gasteiger partial charge on any atom is -0.370 e. The standard InChI is InChI=1S/C32H34N8O6/c1-17-23(9-7-11-25(17)37-31(43)29-15-33-27(13-35-29)19(3)39-45-21(5)41)24-10-8-12-26(18(24)2)38-32(44)30-16-34-28(14-36-30)20(4)40-46-22(6)42/h7-16,19-20,39-40H,1-6H3,(H,37,43)(H,38,44). The van der Waals surface area contributed by atoms with Crippen LogP contribution in [0, 0.1) is 13.8 Å². The molecule has 14 nitrogen and oxygen atoms in total. The third-order valence-corrected chi connectivity index (χ3v) is 6.91. The van der Waals surface area contributed by atoms with Crippen LogP contribution in [0.2, 0.25) is 0 Å². The predicted molar refractivity (Wildman–Crippen MR) is 168 cm³/mol. The molecule has 4 N–H and O–H groups in total. The summed E-state index contributed by atoms with van der Waals surface area (Å²) in [5.41, 5.74) is 10.8. The van der Waals surface area contributed by atoms with Crippen LogP contribution >= 0.6 is 0 Å². The highest BCUT2D eigenvalue weighted by molar-refractivity contribution is 6.05. The molecule has 14 heteroatoms. The van der Waals surface area contributed by atoms with Crippen LogP contribution in [0.1, 0.15) is 83.3 Å². The quantitative estimate of drug-likeness (QED) is 0.173. The molecule has 0 radical (unpaired) electrons. The largest absolute Gasteiger partial charge is 0.370 e. The zero-order valence-corrected chi connectivity index (χ0v) is 26.2. The van der Waals surface area contributed by atoms with Crippen LogP contribution in [-0.4, -0.2) is 43.7 Å². The maximum atomic E-state index is 13.0. The summed E-state index contributed by atoms with van der Waals surface area (Å²) >= 11 is 0. The summed E-state index contributed by atoms with van der Waals surface area (Å²) < 4.78 is 0. The maximum Gasteiger partial charge on any atom is 0.321 e. The number of hydroxylamine groups is 2. The fraction of sp³-hybridized carbons (Fsp3) is 0.250. The number of carbonyl (C=O) groups is 4. The minimum absolute atomic E-state index is 0.111. The van der Waals surface area contributed by atoms with Gasteiger partial charge in [0.05, 0.1) is 48.3 Å². The molecule has 0 aliphatic heterocycles. The molecule has 4 aromatic rings.